The van der Waals surface area contributed by atoms with Gasteiger partial charge in [0.25, 0.3) is 0 Å². The normalized spacial score (nSPS) is 10.3. The Balaban J connectivity index is 2.16. The standard InChI is InChI=1S/C10H6Br2N4OS/c11-6-3-7(12)9(14-4-6)10-15-8(17-16-10)5-18-2-1-13/h3-4H,2,5H2. The zero-order chi connectivity index (χ0) is 13.0. The molecule has 92 valence electrons. The molecule has 8 heteroatoms. The lowest BCUT2D eigenvalue weighted by Gasteiger charge is -1.97. The van der Waals surface area contributed by atoms with Crippen LogP contribution in [0.3, 0.4) is 0 Å². The molecular formula is C10H6Br2N4OS. The second kappa shape index (κ2) is 6.31. The minimum atomic E-state index is 0.401. The number of hydrogen-bond acceptors (Lipinski definition) is 6. The van der Waals surface area contributed by atoms with E-state index in [9.17, 15) is 0 Å². The molecule has 0 aliphatic heterocycles. The lowest BCUT2D eigenvalue weighted by molar-refractivity contribution is 0.391. The van der Waals surface area contributed by atoms with E-state index in [1.54, 1.807) is 6.20 Å². The molecule has 18 heavy (non-hydrogen) atoms. The van der Waals surface area contributed by atoms with Crippen LogP contribution in [0.1, 0.15) is 5.89 Å². The average Bonchev–Trinajstić information content (AvgIpc) is 2.78. The van der Waals surface area contributed by atoms with Gasteiger partial charge in [0.05, 0.1) is 17.6 Å². The van der Waals surface area contributed by atoms with Gasteiger partial charge in [-0.05, 0) is 37.9 Å². The molecule has 5 nitrogen and oxygen atoms in total. The lowest BCUT2D eigenvalue weighted by Crippen LogP contribution is -1.88. The van der Waals surface area contributed by atoms with E-state index in [1.165, 1.54) is 11.8 Å². The lowest BCUT2D eigenvalue weighted by atomic mass is 10.3. The van der Waals surface area contributed by atoms with Crippen LogP contribution in [-0.4, -0.2) is 20.9 Å². The minimum absolute atomic E-state index is 0.401. The first-order chi connectivity index (χ1) is 8.70. The van der Waals surface area contributed by atoms with E-state index in [-0.39, 0.29) is 0 Å². The monoisotopic (exact) mass is 388 g/mol. The maximum absolute atomic E-state index is 8.43. The predicted octanol–water partition coefficient (Wildman–Crippen LogP) is 3.41. The fourth-order valence-electron chi connectivity index (χ4n) is 1.17. The van der Waals surface area contributed by atoms with Crippen LogP contribution in [0.25, 0.3) is 11.5 Å². The summed E-state index contributed by atoms with van der Waals surface area (Å²) in [6, 6.07) is 3.90. The minimum Gasteiger partial charge on any atom is -0.338 e. The zero-order valence-corrected chi connectivity index (χ0v) is 12.9. The van der Waals surface area contributed by atoms with Crippen molar-refractivity contribution in [3.8, 4) is 17.6 Å². The smallest absolute Gasteiger partial charge is 0.237 e. The summed E-state index contributed by atoms with van der Waals surface area (Å²) in [7, 11) is 0. The van der Waals surface area contributed by atoms with Gasteiger partial charge in [-0.3, -0.25) is 4.98 Å². The molecule has 2 aromatic heterocycles. The number of pyridine rings is 1. The van der Waals surface area contributed by atoms with Gasteiger partial charge in [-0.1, -0.05) is 5.16 Å². The molecule has 0 N–H and O–H groups in total. The van der Waals surface area contributed by atoms with Crippen LogP contribution in [0.5, 0.6) is 0 Å². The van der Waals surface area contributed by atoms with Gasteiger partial charge in [-0.2, -0.15) is 10.2 Å². The first-order valence-electron chi connectivity index (χ1n) is 4.79. The molecule has 0 aliphatic carbocycles. The van der Waals surface area contributed by atoms with Gasteiger partial charge in [-0.15, -0.1) is 11.8 Å². The highest BCUT2D eigenvalue weighted by molar-refractivity contribution is 9.11. The molecule has 0 radical (unpaired) electrons. The quantitative estimate of drug-likeness (QED) is 0.745. The number of hydrogen-bond donors (Lipinski definition) is 0. The van der Waals surface area contributed by atoms with E-state index in [4.69, 9.17) is 9.78 Å². The van der Waals surface area contributed by atoms with E-state index in [2.05, 4.69) is 47.0 Å². The molecule has 0 unspecified atom stereocenters. The van der Waals surface area contributed by atoms with Crippen molar-refractivity contribution in [2.24, 2.45) is 0 Å². The average molecular weight is 390 g/mol. The highest BCUT2D eigenvalue weighted by atomic mass is 79.9. The molecule has 0 atom stereocenters. The number of nitriles is 1. The fraction of sp³-hybridized carbons (Fsp3) is 0.200. The molecule has 0 saturated heterocycles. The number of thioether (sulfide) groups is 1. The molecule has 2 aromatic rings. The van der Waals surface area contributed by atoms with Crippen LogP contribution in [0, 0.1) is 11.3 Å². The van der Waals surface area contributed by atoms with Crippen molar-refractivity contribution in [1.82, 2.24) is 15.1 Å². The Labute approximate surface area is 124 Å². The summed E-state index contributed by atoms with van der Waals surface area (Å²) in [4.78, 5) is 8.45. The summed E-state index contributed by atoms with van der Waals surface area (Å²) in [6.07, 6.45) is 1.67. The van der Waals surface area contributed by atoms with Crippen molar-refractivity contribution in [3.63, 3.8) is 0 Å². The van der Waals surface area contributed by atoms with E-state index in [0.29, 0.717) is 28.9 Å². The first-order valence-corrected chi connectivity index (χ1v) is 7.53. The highest BCUT2D eigenvalue weighted by Crippen LogP contribution is 2.26. The van der Waals surface area contributed by atoms with Crippen molar-refractivity contribution in [2.45, 2.75) is 5.75 Å². The van der Waals surface area contributed by atoms with Crippen molar-refractivity contribution in [1.29, 1.82) is 5.26 Å². The second-order valence-electron chi connectivity index (χ2n) is 3.15. The Morgan fingerprint density at radius 1 is 1.44 bits per heavy atom. The summed E-state index contributed by atoms with van der Waals surface area (Å²) in [6.45, 7) is 0. The summed E-state index contributed by atoms with van der Waals surface area (Å²) >= 11 is 8.14. The Hall–Kier alpha value is -0.910. The van der Waals surface area contributed by atoms with Crippen molar-refractivity contribution in [2.75, 3.05) is 5.75 Å². The molecule has 0 spiro atoms. The Morgan fingerprint density at radius 3 is 3.00 bits per heavy atom. The molecular weight excluding hydrogens is 384 g/mol. The van der Waals surface area contributed by atoms with Gasteiger partial charge in [0.1, 0.15) is 5.69 Å². The molecule has 0 fully saturated rings. The number of nitrogens with zero attached hydrogens (tertiary/aromatic N) is 4. The third-order valence-electron chi connectivity index (χ3n) is 1.88. The zero-order valence-electron chi connectivity index (χ0n) is 8.93. The van der Waals surface area contributed by atoms with Crippen LogP contribution in [0.2, 0.25) is 0 Å². The summed E-state index contributed by atoms with van der Waals surface area (Å²) in [5.74, 6) is 1.84. The molecule has 2 heterocycles. The van der Waals surface area contributed by atoms with E-state index in [1.807, 2.05) is 12.1 Å². The van der Waals surface area contributed by atoms with Crippen LogP contribution >= 0.6 is 43.6 Å². The summed E-state index contributed by atoms with van der Waals surface area (Å²) in [5.41, 5.74) is 0.624. The maximum Gasteiger partial charge on any atom is 0.237 e. The van der Waals surface area contributed by atoms with Crippen LogP contribution in [0.4, 0.5) is 0 Å². The van der Waals surface area contributed by atoms with Crippen LogP contribution in [0.15, 0.2) is 25.7 Å². The van der Waals surface area contributed by atoms with Crippen molar-refractivity contribution < 1.29 is 4.52 Å². The molecule has 0 aromatic carbocycles. The number of aromatic nitrogens is 3. The highest BCUT2D eigenvalue weighted by Gasteiger charge is 2.13. The second-order valence-corrected chi connectivity index (χ2v) is 5.90. The van der Waals surface area contributed by atoms with E-state index < -0.39 is 0 Å². The van der Waals surface area contributed by atoms with Gasteiger partial charge >= 0.3 is 0 Å². The summed E-state index contributed by atoms with van der Waals surface area (Å²) in [5, 5.41) is 12.3. The Bertz CT molecular complexity index is 596. The van der Waals surface area contributed by atoms with Gasteiger partial charge in [0, 0.05) is 15.1 Å². The SMILES string of the molecule is N#CCSCc1nc(-c2ncc(Br)cc2Br)no1. The van der Waals surface area contributed by atoms with E-state index in [0.717, 1.165) is 8.95 Å². The topological polar surface area (TPSA) is 75.6 Å². The number of rotatable bonds is 4. The largest absolute Gasteiger partial charge is 0.338 e. The van der Waals surface area contributed by atoms with Gasteiger partial charge in [0.15, 0.2) is 0 Å². The van der Waals surface area contributed by atoms with Crippen LogP contribution in [-0.2, 0) is 5.75 Å². The molecule has 2 rings (SSSR count). The van der Waals surface area contributed by atoms with E-state index >= 15 is 0 Å². The van der Waals surface area contributed by atoms with Gasteiger partial charge in [-0.25, -0.2) is 0 Å². The Morgan fingerprint density at radius 2 is 2.28 bits per heavy atom. The third kappa shape index (κ3) is 3.31. The van der Waals surface area contributed by atoms with Gasteiger partial charge in [0.2, 0.25) is 11.7 Å². The molecule has 0 aliphatic rings. The fourth-order valence-corrected chi connectivity index (χ4v) is 2.82. The third-order valence-corrected chi connectivity index (χ3v) is 3.70. The molecule has 0 bridgehead atoms. The predicted molar refractivity (Wildman–Crippen MR) is 74.7 cm³/mol. The first kappa shape index (κ1) is 13.5. The van der Waals surface area contributed by atoms with Crippen molar-refractivity contribution in [3.05, 3.63) is 27.1 Å². The number of halogens is 2. The molecule has 0 amide bonds. The van der Waals surface area contributed by atoms with Gasteiger partial charge < -0.3 is 4.52 Å². The van der Waals surface area contributed by atoms with Crippen molar-refractivity contribution >= 4 is 43.6 Å². The maximum atomic E-state index is 8.43. The molecule has 0 saturated carbocycles. The summed E-state index contributed by atoms with van der Waals surface area (Å²) < 4.78 is 6.74. The Kier molecular flexibility index (Phi) is 4.74. The van der Waals surface area contributed by atoms with Crippen LogP contribution < -0.4 is 0 Å².